The van der Waals surface area contributed by atoms with Gasteiger partial charge in [0.1, 0.15) is 24.9 Å². The molecule has 0 aliphatic carbocycles. The van der Waals surface area contributed by atoms with Gasteiger partial charge in [-0.3, -0.25) is 0 Å². The topological polar surface area (TPSA) is 116 Å². The second-order valence-corrected chi connectivity index (χ2v) is 15.3. The number of esters is 3. The lowest BCUT2D eigenvalue weighted by Crippen LogP contribution is -2.65. The van der Waals surface area contributed by atoms with Gasteiger partial charge in [-0.1, -0.05) is 66.0 Å². The minimum absolute atomic E-state index is 0.251. The Bertz CT molecular complexity index is 1760. The summed E-state index contributed by atoms with van der Waals surface area (Å²) in [5, 5.41) is 0. The lowest BCUT2D eigenvalue weighted by molar-refractivity contribution is -0.359. The lowest BCUT2D eigenvalue weighted by Gasteiger charge is -2.50. The van der Waals surface area contributed by atoms with Gasteiger partial charge in [0.2, 0.25) is 0 Å². The Labute approximate surface area is 320 Å². The number of ether oxygens (including phenoxy) is 7. The first-order valence-corrected chi connectivity index (χ1v) is 18.7. The summed E-state index contributed by atoms with van der Waals surface area (Å²) in [5.74, 6) is -2.64. The van der Waals surface area contributed by atoms with E-state index in [4.69, 9.17) is 33.2 Å². The molecule has 10 nitrogen and oxygen atoms in total. The van der Waals surface area contributed by atoms with Crippen molar-refractivity contribution in [2.75, 3.05) is 13.2 Å². The van der Waals surface area contributed by atoms with Crippen molar-refractivity contribution in [1.29, 1.82) is 0 Å². The van der Waals surface area contributed by atoms with E-state index in [9.17, 15) is 14.4 Å². The first-order valence-electron chi connectivity index (χ1n) is 16.3. The standard InChI is InChI=1S/C38H35Br3O10/c1-38(2)46-21-31-33(51-38)34(50-37(44)24-10-16-27(41)17-11-24)32-30(49-31)5-3-4-28(47-32)18-19-29(48-36(43)23-8-14-26(40)15-9-23)20-45-35(42)22-6-12-25(39)13-7-22/h3-4,6-19,28-34H,5,20-21H2,1-2H3/b19-18+/t28-,29+,30+,31-,32+,33-,34-/m1/s1. The van der Waals surface area contributed by atoms with E-state index in [1.165, 1.54) is 0 Å². The van der Waals surface area contributed by atoms with Crippen molar-refractivity contribution in [3.63, 3.8) is 0 Å². The second-order valence-electron chi connectivity index (χ2n) is 12.6. The van der Waals surface area contributed by atoms with E-state index in [1.54, 1.807) is 98.8 Å². The predicted molar refractivity (Wildman–Crippen MR) is 196 cm³/mol. The van der Waals surface area contributed by atoms with Gasteiger partial charge in [-0.2, -0.15) is 0 Å². The lowest BCUT2D eigenvalue weighted by atomic mass is 9.92. The van der Waals surface area contributed by atoms with E-state index in [2.05, 4.69) is 47.8 Å². The zero-order valence-corrected chi connectivity index (χ0v) is 32.4. The van der Waals surface area contributed by atoms with Crippen LogP contribution in [0.2, 0.25) is 0 Å². The molecule has 7 atom stereocenters. The van der Waals surface area contributed by atoms with Crippen LogP contribution in [0.5, 0.6) is 0 Å². The average molecular weight is 891 g/mol. The number of hydrogen-bond acceptors (Lipinski definition) is 10. The molecule has 268 valence electrons. The van der Waals surface area contributed by atoms with Crippen molar-refractivity contribution in [2.24, 2.45) is 0 Å². The van der Waals surface area contributed by atoms with Crippen LogP contribution in [0.15, 0.2) is 111 Å². The van der Waals surface area contributed by atoms with Gasteiger partial charge in [0.05, 0.1) is 35.5 Å². The number of fused-ring (bicyclic) bond motifs is 2. The summed E-state index contributed by atoms with van der Waals surface area (Å²) in [6, 6.07) is 20.3. The Morgan fingerprint density at radius 1 is 0.784 bits per heavy atom. The van der Waals surface area contributed by atoms with Crippen LogP contribution in [0.1, 0.15) is 51.3 Å². The maximum absolute atomic E-state index is 13.5. The molecule has 0 spiro atoms. The molecule has 2 fully saturated rings. The van der Waals surface area contributed by atoms with E-state index in [-0.39, 0.29) is 13.2 Å². The van der Waals surface area contributed by atoms with Crippen LogP contribution in [0.25, 0.3) is 0 Å². The smallest absolute Gasteiger partial charge is 0.338 e. The first-order chi connectivity index (χ1) is 24.4. The highest BCUT2D eigenvalue weighted by Gasteiger charge is 2.54. The zero-order chi connectivity index (χ0) is 36.1. The number of hydrogen-bond donors (Lipinski definition) is 0. The Hall–Kier alpha value is -3.17. The highest BCUT2D eigenvalue weighted by atomic mass is 79.9. The third-order valence-corrected chi connectivity index (χ3v) is 9.98. The van der Waals surface area contributed by atoms with Crippen LogP contribution in [0, 0.1) is 0 Å². The minimum Gasteiger partial charge on any atom is -0.458 e. The van der Waals surface area contributed by atoms with Crippen molar-refractivity contribution in [3.8, 4) is 0 Å². The zero-order valence-electron chi connectivity index (χ0n) is 27.6. The highest BCUT2D eigenvalue weighted by molar-refractivity contribution is 9.11. The molecule has 0 aromatic heterocycles. The van der Waals surface area contributed by atoms with Gasteiger partial charge in [0, 0.05) is 13.4 Å². The summed E-state index contributed by atoms with van der Waals surface area (Å²) in [6.07, 6.45) is 2.73. The molecular weight excluding hydrogens is 856 g/mol. The fourth-order valence-corrected chi connectivity index (χ4v) is 6.63. The van der Waals surface area contributed by atoms with Crippen LogP contribution in [0.3, 0.4) is 0 Å². The summed E-state index contributed by atoms with van der Waals surface area (Å²) in [5.41, 5.74) is 1.05. The monoisotopic (exact) mass is 888 g/mol. The average Bonchev–Trinajstić information content (AvgIpc) is 3.32. The Morgan fingerprint density at radius 3 is 1.96 bits per heavy atom. The molecule has 0 amide bonds. The number of halogens is 3. The van der Waals surface area contributed by atoms with Gasteiger partial charge in [0.15, 0.2) is 18.0 Å². The molecule has 2 saturated heterocycles. The number of benzene rings is 3. The van der Waals surface area contributed by atoms with E-state index in [1.807, 2.05) is 12.2 Å². The molecule has 6 rings (SSSR count). The van der Waals surface area contributed by atoms with Gasteiger partial charge in [-0.05, 0) is 99.1 Å². The van der Waals surface area contributed by atoms with Crippen molar-refractivity contribution in [1.82, 2.24) is 0 Å². The van der Waals surface area contributed by atoms with Gasteiger partial charge in [-0.25, -0.2) is 14.4 Å². The number of rotatable bonds is 9. The molecule has 3 aliphatic rings. The molecule has 3 heterocycles. The molecule has 0 saturated carbocycles. The SMILES string of the molecule is CC1(C)OC[C@H]2O[C@H]3CC=C[C@H](/C=C/[C@@H](COC(=O)c4ccc(Br)cc4)OC(=O)c4ccc(Br)cc4)O[C@@H]3[C@@H](OC(=O)c3ccc(Br)cc3)[C@@H]2O1. The van der Waals surface area contributed by atoms with Gasteiger partial charge >= 0.3 is 17.9 Å². The maximum atomic E-state index is 13.5. The largest absolute Gasteiger partial charge is 0.458 e. The molecular formula is C38H35Br3O10. The fourth-order valence-electron chi connectivity index (χ4n) is 5.84. The molecule has 3 aliphatic heterocycles. The van der Waals surface area contributed by atoms with Crippen LogP contribution in [0.4, 0.5) is 0 Å². The van der Waals surface area contributed by atoms with Crippen molar-refractivity contribution < 1.29 is 47.5 Å². The van der Waals surface area contributed by atoms with Crippen LogP contribution in [-0.2, 0) is 33.2 Å². The first kappa shape index (κ1) is 37.6. The molecule has 0 unspecified atom stereocenters. The molecule has 51 heavy (non-hydrogen) atoms. The van der Waals surface area contributed by atoms with Crippen LogP contribution in [-0.4, -0.2) is 79.6 Å². The Morgan fingerprint density at radius 2 is 1.35 bits per heavy atom. The minimum atomic E-state index is -0.964. The summed E-state index contributed by atoms with van der Waals surface area (Å²) in [6.45, 7) is 3.59. The summed E-state index contributed by atoms with van der Waals surface area (Å²) < 4.78 is 45.2. The quantitative estimate of drug-likeness (QED) is 0.120. The number of carbonyl (C=O) groups is 3. The van der Waals surface area contributed by atoms with E-state index in [0.717, 1.165) is 13.4 Å². The summed E-state index contributed by atoms with van der Waals surface area (Å²) in [4.78, 5) is 39.4. The van der Waals surface area contributed by atoms with Crippen molar-refractivity contribution >= 4 is 65.7 Å². The van der Waals surface area contributed by atoms with Crippen molar-refractivity contribution in [3.05, 3.63) is 127 Å². The Balaban J connectivity index is 1.22. The maximum Gasteiger partial charge on any atom is 0.338 e. The molecule has 3 aromatic rings. The normalized spacial score (nSPS) is 25.9. The third kappa shape index (κ3) is 9.83. The fraction of sp³-hybridized carbons (Fsp3) is 0.342. The van der Waals surface area contributed by atoms with Gasteiger partial charge in [-0.15, -0.1) is 0 Å². The van der Waals surface area contributed by atoms with Crippen LogP contribution < -0.4 is 0 Å². The molecule has 0 bridgehead atoms. The molecule has 0 N–H and O–H groups in total. The van der Waals surface area contributed by atoms with Gasteiger partial charge in [0.25, 0.3) is 0 Å². The summed E-state index contributed by atoms with van der Waals surface area (Å²) >= 11 is 10.1. The Kier molecular flexibility index (Phi) is 12.3. The highest BCUT2D eigenvalue weighted by Crippen LogP contribution is 2.38. The van der Waals surface area contributed by atoms with Crippen molar-refractivity contribution in [2.45, 2.75) is 68.8 Å². The van der Waals surface area contributed by atoms with E-state index < -0.39 is 66.4 Å². The second kappa shape index (κ2) is 16.7. The summed E-state index contributed by atoms with van der Waals surface area (Å²) in [7, 11) is 0. The number of carbonyl (C=O) groups excluding carboxylic acids is 3. The van der Waals surface area contributed by atoms with E-state index in [0.29, 0.717) is 23.1 Å². The molecule has 13 heteroatoms. The third-order valence-electron chi connectivity index (χ3n) is 8.39. The molecule has 3 aromatic carbocycles. The van der Waals surface area contributed by atoms with Crippen LogP contribution >= 0.6 is 47.8 Å². The van der Waals surface area contributed by atoms with Gasteiger partial charge < -0.3 is 33.2 Å². The predicted octanol–water partition coefficient (Wildman–Crippen LogP) is 7.77. The van der Waals surface area contributed by atoms with E-state index >= 15 is 0 Å². The molecule has 0 radical (unpaired) electrons.